The predicted molar refractivity (Wildman–Crippen MR) is 110 cm³/mol. The summed E-state index contributed by atoms with van der Waals surface area (Å²) in [7, 11) is 0. The van der Waals surface area contributed by atoms with Gasteiger partial charge in [0.15, 0.2) is 5.16 Å². The highest BCUT2D eigenvalue weighted by molar-refractivity contribution is 9.10. The van der Waals surface area contributed by atoms with Gasteiger partial charge in [-0.1, -0.05) is 57.5 Å². The average Bonchev–Trinajstić information content (AvgIpc) is 2.67. The first kappa shape index (κ1) is 19.5. The summed E-state index contributed by atoms with van der Waals surface area (Å²) in [5.41, 5.74) is 1.12. The highest BCUT2D eigenvalue weighted by atomic mass is 79.9. The maximum atomic E-state index is 12.2. The topological polar surface area (TPSA) is 78.8 Å². The summed E-state index contributed by atoms with van der Waals surface area (Å²) in [6, 6.07) is 14.7. The smallest absolute Gasteiger partial charge is 0.270 e. The number of nitrogens with zero attached hydrogens (tertiary/aromatic N) is 2. The lowest BCUT2D eigenvalue weighted by molar-refractivity contribution is 0.307. The Balaban J connectivity index is 2.08. The minimum Gasteiger partial charge on any atom is -0.488 e. The van der Waals surface area contributed by atoms with Crippen LogP contribution in [0.2, 0.25) is 5.02 Å². The van der Waals surface area contributed by atoms with Crippen LogP contribution in [0, 0.1) is 11.3 Å². The number of rotatable bonds is 5. The summed E-state index contributed by atoms with van der Waals surface area (Å²) < 4.78 is 6.73. The Kier molecular flexibility index (Phi) is 6.22. The molecule has 3 rings (SSSR count). The molecule has 0 amide bonds. The molecule has 0 bridgehead atoms. The van der Waals surface area contributed by atoms with E-state index in [1.54, 1.807) is 24.5 Å². The van der Waals surface area contributed by atoms with Gasteiger partial charge in [0.25, 0.3) is 5.56 Å². The maximum absolute atomic E-state index is 12.2. The van der Waals surface area contributed by atoms with Gasteiger partial charge in [-0.2, -0.15) is 5.26 Å². The van der Waals surface area contributed by atoms with Gasteiger partial charge in [-0.25, -0.2) is 4.98 Å². The van der Waals surface area contributed by atoms with E-state index in [9.17, 15) is 10.1 Å². The van der Waals surface area contributed by atoms with Crippen molar-refractivity contribution in [2.75, 3.05) is 6.26 Å². The van der Waals surface area contributed by atoms with Crippen LogP contribution in [0.3, 0.4) is 0 Å². The molecule has 1 N–H and O–H groups in total. The largest absolute Gasteiger partial charge is 0.488 e. The first-order valence-corrected chi connectivity index (χ1v) is 10.2. The first-order valence-electron chi connectivity index (χ1n) is 7.78. The number of aromatic amines is 1. The number of aromatic nitrogens is 2. The maximum Gasteiger partial charge on any atom is 0.270 e. The Morgan fingerprint density at radius 3 is 2.81 bits per heavy atom. The predicted octanol–water partition coefficient (Wildman–Crippen LogP) is 5.03. The van der Waals surface area contributed by atoms with Crippen molar-refractivity contribution in [3.05, 3.63) is 73.4 Å². The van der Waals surface area contributed by atoms with Crippen molar-refractivity contribution in [3.8, 4) is 23.1 Å². The number of hydrogen-bond acceptors (Lipinski definition) is 5. The number of H-pyrrole nitrogens is 1. The van der Waals surface area contributed by atoms with Crippen molar-refractivity contribution in [1.82, 2.24) is 9.97 Å². The van der Waals surface area contributed by atoms with Gasteiger partial charge in [0.05, 0.1) is 0 Å². The van der Waals surface area contributed by atoms with Crippen LogP contribution in [0.5, 0.6) is 5.75 Å². The molecule has 3 aromatic rings. The Morgan fingerprint density at radius 1 is 1.33 bits per heavy atom. The Hall–Kier alpha value is -2.27. The van der Waals surface area contributed by atoms with Gasteiger partial charge in [-0.3, -0.25) is 4.79 Å². The van der Waals surface area contributed by atoms with Crippen molar-refractivity contribution >= 4 is 39.3 Å². The van der Waals surface area contributed by atoms with Crippen LogP contribution < -0.4 is 10.3 Å². The van der Waals surface area contributed by atoms with Crippen molar-refractivity contribution in [2.45, 2.75) is 11.8 Å². The van der Waals surface area contributed by atoms with Gasteiger partial charge in [0, 0.05) is 20.6 Å². The molecular weight excluding hydrogens is 450 g/mol. The lowest BCUT2D eigenvalue weighted by Crippen LogP contribution is -2.15. The van der Waals surface area contributed by atoms with Crippen molar-refractivity contribution in [1.29, 1.82) is 5.26 Å². The van der Waals surface area contributed by atoms with Crippen LogP contribution in [0.25, 0.3) is 11.3 Å². The van der Waals surface area contributed by atoms with Crippen LogP contribution in [-0.2, 0) is 6.61 Å². The van der Waals surface area contributed by atoms with E-state index in [4.69, 9.17) is 16.3 Å². The van der Waals surface area contributed by atoms with Gasteiger partial charge < -0.3 is 9.72 Å². The number of halogens is 2. The summed E-state index contributed by atoms with van der Waals surface area (Å²) in [5, 5.41) is 10.5. The molecule has 0 aliphatic rings. The normalized spacial score (nSPS) is 10.4. The van der Waals surface area contributed by atoms with E-state index < -0.39 is 5.56 Å². The number of ether oxygens (including phenoxy) is 1. The lowest BCUT2D eigenvalue weighted by atomic mass is 10.1. The number of thioether (sulfide) groups is 1. The highest BCUT2D eigenvalue weighted by Gasteiger charge is 2.18. The first-order chi connectivity index (χ1) is 13.0. The molecule has 0 saturated heterocycles. The quantitative estimate of drug-likeness (QED) is 0.425. The summed E-state index contributed by atoms with van der Waals surface area (Å²) in [6.45, 7) is 0.245. The molecule has 2 aromatic carbocycles. The van der Waals surface area contributed by atoms with Crippen molar-refractivity contribution < 1.29 is 4.74 Å². The standard InChI is InChI=1S/C19H13BrClN3O2S/c1-27-19-23-17(14(9-22)18(25)24-19)13-8-12(20)6-7-16(13)26-10-11-4-2-3-5-15(11)21/h2-8H,10H2,1H3,(H,23,24,25). The Labute approximate surface area is 173 Å². The third-order valence-corrected chi connectivity index (χ3v) is 5.18. The van der Waals surface area contributed by atoms with Crippen LogP contribution in [0.1, 0.15) is 11.1 Å². The molecule has 0 aliphatic heterocycles. The van der Waals surface area contributed by atoms with E-state index in [1.165, 1.54) is 11.8 Å². The molecule has 0 spiro atoms. The molecule has 0 saturated carbocycles. The molecule has 0 fully saturated rings. The molecule has 136 valence electrons. The molecule has 0 unspecified atom stereocenters. The molecule has 27 heavy (non-hydrogen) atoms. The Morgan fingerprint density at radius 2 is 2.11 bits per heavy atom. The number of hydrogen-bond donors (Lipinski definition) is 1. The van der Waals surface area contributed by atoms with Crippen LogP contribution in [0.4, 0.5) is 0 Å². The van der Waals surface area contributed by atoms with Gasteiger partial charge in [-0.15, -0.1) is 0 Å². The minimum atomic E-state index is -0.483. The summed E-state index contributed by atoms with van der Waals surface area (Å²) >= 11 is 10.9. The molecule has 1 aromatic heterocycles. The Bertz CT molecular complexity index is 1100. The fourth-order valence-corrected chi connectivity index (χ4v) is 3.36. The molecule has 8 heteroatoms. The number of nitrogens with one attached hydrogen (secondary N) is 1. The molecule has 0 atom stereocenters. The average molecular weight is 463 g/mol. The third-order valence-electron chi connectivity index (χ3n) is 3.74. The van der Waals surface area contributed by atoms with E-state index in [-0.39, 0.29) is 17.9 Å². The van der Waals surface area contributed by atoms with Gasteiger partial charge in [-0.05, 0) is 30.5 Å². The summed E-state index contributed by atoms with van der Waals surface area (Å²) in [6.07, 6.45) is 1.80. The van der Waals surface area contributed by atoms with Gasteiger partial charge >= 0.3 is 0 Å². The monoisotopic (exact) mass is 461 g/mol. The fraction of sp³-hybridized carbons (Fsp3) is 0.105. The zero-order chi connectivity index (χ0) is 19.4. The van der Waals surface area contributed by atoms with Crippen LogP contribution in [-0.4, -0.2) is 16.2 Å². The molecule has 5 nitrogen and oxygen atoms in total. The van der Waals surface area contributed by atoms with Crippen LogP contribution in [0.15, 0.2) is 56.9 Å². The number of nitriles is 1. The van der Waals surface area contributed by atoms with Crippen LogP contribution >= 0.6 is 39.3 Å². The minimum absolute atomic E-state index is 0.0616. The van der Waals surface area contributed by atoms with E-state index in [0.29, 0.717) is 21.5 Å². The molecule has 1 heterocycles. The fourth-order valence-electron chi connectivity index (χ4n) is 2.43. The second-order valence-corrected chi connectivity index (χ2v) is 7.55. The molecular formula is C19H13BrClN3O2S. The lowest BCUT2D eigenvalue weighted by Gasteiger charge is -2.13. The van der Waals surface area contributed by atoms with Crippen molar-refractivity contribution in [2.24, 2.45) is 0 Å². The van der Waals surface area contributed by atoms with E-state index >= 15 is 0 Å². The second kappa shape index (κ2) is 8.61. The highest BCUT2D eigenvalue weighted by Crippen LogP contribution is 2.34. The van der Waals surface area contributed by atoms with E-state index in [2.05, 4.69) is 25.9 Å². The summed E-state index contributed by atoms with van der Waals surface area (Å²) in [5.74, 6) is 0.500. The zero-order valence-corrected chi connectivity index (χ0v) is 17.3. The van der Waals surface area contributed by atoms with E-state index in [1.807, 2.05) is 30.3 Å². The molecule has 0 radical (unpaired) electrons. The number of benzene rings is 2. The molecule has 0 aliphatic carbocycles. The summed E-state index contributed by atoms with van der Waals surface area (Å²) in [4.78, 5) is 19.3. The SMILES string of the molecule is CSc1nc(-c2cc(Br)ccc2OCc2ccccc2Cl)c(C#N)c(=O)[nH]1. The third kappa shape index (κ3) is 4.35. The second-order valence-electron chi connectivity index (χ2n) is 5.43. The van der Waals surface area contributed by atoms with Gasteiger partial charge in [0.2, 0.25) is 0 Å². The van der Waals surface area contributed by atoms with Crippen molar-refractivity contribution in [3.63, 3.8) is 0 Å². The van der Waals surface area contributed by atoms with Gasteiger partial charge in [0.1, 0.15) is 29.7 Å². The zero-order valence-electron chi connectivity index (χ0n) is 14.1. The van der Waals surface area contributed by atoms with E-state index in [0.717, 1.165) is 10.0 Å².